The Bertz CT molecular complexity index is 3190. The number of carbonyl (C=O) groups is 12. The fourth-order valence-electron chi connectivity index (χ4n) is 9.93. The number of amides is 10. The molecule has 502 valence electrons. The number of phenolic OH excluding ortho intramolecular Hbond substituents is 1. The van der Waals surface area contributed by atoms with E-state index in [0.717, 1.165) is 19.4 Å². The average Bonchev–Trinajstić information content (AvgIpc) is 1.72. The summed E-state index contributed by atoms with van der Waals surface area (Å²) in [4.78, 5) is 171. The summed E-state index contributed by atoms with van der Waals surface area (Å²) in [5.74, 6) is -9.09. The van der Waals surface area contributed by atoms with Crippen LogP contribution >= 0.6 is 0 Å². The number of hydrogen-bond acceptors (Lipinski definition) is 16. The molecule has 0 saturated carbocycles. The highest BCUT2D eigenvalue weighted by Crippen LogP contribution is 2.22. The molecule has 2 fully saturated rings. The smallest absolute Gasteiger partial charge is 0.300 e. The number of likely N-dealkylation sites (tertiary alicyclic amines) is 1. The standard InChI is InChI=1S/C56H78N16O12.2C2H4O2/c1-5-60-54(83)45-13-9-21-72(45)55(84)39(12-8-20-61-56(57)58)66-50(79)40(22-30(2)3)67-47(76)31(4)64-49(78)41(23-32-14-16-35(74)17-15-32)68-53(82)44(28-73)71-51(80)42(24-33-26-62-37-11-7-6-10-36(33)37)69-52(81)43(25-34-27-59-29-63-34)70-48(77)38-18-19-46(75)65-38;2*1-2(3)4/h6-7,10-11,14-17,26-27,29-31,38-45,62,73-74H,5,8-9,12-13,18-25,28H2,1-4H3,(H,59,63)(H,60,83)(H,64,78)(H,65,75)(H,66,79)(H,67,76)(H,68,82)(H,69,81)(H,70,77)(H,71,80)(H4,57,58,61);2*1H3,(H,3,4)/t31-,38?,39+,40+,41+,42+,43+,44+,45+;;/m1../s1. The number of carboxylic acids is 2. The highest BCUT2D eigenvalue weighted by molar-refractivity contribution is 5.99. The molecule has 1 unspecified atom stereocenters. The third-order valence-electron chi connectivity index (χ3n) is 14.3. The SMILES string of the molecule is CC(=O)O.CC(=O)O.CCNC(=O)[C@@H]1CCCN1C(=O)[C@H](CCCN=C(N)N)NC(=O)[C@H](CC(C)C)NC(=O)[C@@H](C)NC(=O)[C@H](Cc1ccc(O)cc1)NC(=O)[C@H](CO)NC(=O)[C@H](Cc1c[nH]c2ccccc12)NC(=O)[C@H](Cc1cnc[nH]1)NC(=O)C1CCC(=O)N1. The van der Waals surface area contributed by atoms with Crippen molar-refractivity contribution in [1.29, 1.82) is 0 Å². The Morgan fingerprint density at radius 1 is 0.707 bits per heavy atom. The molecule has 0 aliphatic carbocycles. The maximum Gasteiger partial charge on any atom is 0.300 e. The van der Waals surface area contributed by atoms with Gasteiger partial charge in [0.25, 0.3) is 11.9 Å². The highest BCUT2D eigenvalue weighted by Gasteiger charge is 2.39. The number of imidazole rings is 1. The minimum atomic E-state index is -1.75. The van der Waals surface area contributed by atoms with Gasteiger partial charge in [0.1, 0.15) is 60.1 Å². The minimum absolute atomic E-state index is 0.0879. The van der Waals surface area contributed by atoms with Crippen molar-refractivity contribution in [3.8, 4) is 5.75 Å². The summed E-state index contributed by atoms with van der Waals surface area (Å²) in [7, 11) is 0. The molecular weight excluding hydrogens is 1200 g/mol. The number of rotatable bonds is 30. The number of aliphatic carboxylic acids is 2. The Labute approximate surface area is 530 Å². The first-order chi connectivity index (χ1) is 43.6. The molecule has 6 rings (SSSR count). The molecule has 4 heterocycles. The Morgan fingerprint density at radius 3 is 1.87 bits per heavy atom. The van der Waals surface area contributed by atoms with Gasteiger partial charge in [-0.25, -0.2) is 4.98 Å². The molecule has 10 amide bonds. The van der Waals surface area contributed by atoms with E-state index in [9.17, 15) is 58.2 Å². The van der Waals surface area contributed by atoms with Gasteiger partial charge in [0.15, 0.2) is 5.96 Å². The molecular formula is C60H86N16O16. The monoisotopic (exact) mass is 1290 g/mol. The number of nitrogens with two attached hydrogens (primary N) is 2. The number of nitrogens with zero attached hydrogens (tertiary/aromatic N) is 3. The molecule has 2 saturated heterocycles. The van der Waals surface area contributed by atoms with Gasteiger partial charge in [-0.15, -0.1) is 0 Å². The number of carbonyl (C=O) groups excluding carboxylic acids is 10. The van der Waals surface area contributed by atoms with Crippen molar-refractivity contribution in [2.24, 2.45) is 22.4 Å². The molecule has 2 aliphatic heterocycles. The number of nitrogens with one attached hydrogen (secondary N) is 11. The van der Waals surface area contributed by atoms with E-state index in [1.54, 1.807) is 31.3 Å². The molecule has 4 aromatic rings. The third-order valence-corrected chi connectivity index (χ3v) is 14.3. The van der Waals surface area contributed by atoms with Crippen molar-refractivity contribution < 1.29 is 78.0 Å². The molecule has 0 bridgehead atoms. The summed E-state index contributed by atoms with van der Waals surface area (Å²) in [6.07, 6.45) is 5.75. The van der Waals surface area contributed by atoms with E-state index < -0.39 is 120 Å². The number of benzene rings is 2. The first-order valence-corrected chi connectivity index (χ1v) is 30.0. The second kappa shape index (κ2) is 37.1. The predicted octanol–water partition coefficient (Wildman–Crippen LogP) is -2.28. The molecule has 0 radical (unpaired) electrons. The summed E-state index contributed by atoms with van der Waals surface area (Å²) >= 11 is 0. The lowest BCUT2D eigenvalue weighted by Crippen LogP contribution is -2.61. The van der Waals surface area contributed by atoms with Crippen LogP contribution < -0.4 is 59.3 Å². The Kier molecular flexibility index (Phi) is 30.0. The quantitative estimate of drug-likeness (QED) is 0.0149. The summed E-state index contributed by atoms with van der Waals surface area (Å²) in [5.41, 5.74) is 13.2. The average molecular weight is 1290 g/mol. The van der Waals surface area contributed by atoms with Crippen molar-refractivity contribution >= 4 is 87.9 Å². The second-order valence-electron chi connectivity index (χ2n) is 22.4. The van der Waals surface area contributed by atoms with Gasteiger partial charge in [-0.2, -0.15) is 0 Å². The molecule has 2 aromatic heterocycles. The number of guanidine groups is 1. The van der Waals surface area contributed by atoms with E-state index in [1.165, 1.54) is 48.6 Å². The lowest BCUT2D eigenvalue weighted by Gasteiger charge is -2.30. The molecule has 9 atom stereocenters. The fraction of sp³-hybridized carbons (Fsp3) is 0.500. The van der Waals surface area contributed by atoms with E-state index in [2.05, 4.69) is 67.8 Å². The zero-order valence-electron chi connectivity index (χ0n) is 52.2. The maximum atomic E-state index is 14.5. The van der Waals surface area contributed by atoms with E-state index >= 15 is 0 Å². The van der Waals surface area contributed by atoms with E-state index in [1.807, 2.05) is 19.9 Å². The summed E-state index contributed by atoms with van der Waals surface area (Å²) in [5, 5.41) is 60.1. The van der Waals surface area contributed by atoms with Crippen LogP contribution in [0, 0.1) is 5.92 Å². The van der Waals surface area contributed by atoms with E-state index in [-0.39, 0.29) is 93.9 Å². The van der Waals surface area contributed by atoms with Crippen LogP contribution in [0.4, 0.5) is 0 Å². The van der Waals surface area contributed by atoms with Crippen molar-refractivity contribution in [2.75, 3.05) is 26.2 Å². The van der Waals surface area contributed by atoms with Gasteiger partial charge >= 0.3 is 0 Å². The third kappa shape index (κ3) is 24.7. The molecule has 0 spiro atoms. The maximum absolute atomic E-state index is 14.5. The minimum Gasteiger partial charge on any atom is -0.508 e. The molecule has 2 aliphatic rings. The van der Waals surface area contributed by atoms with Crippen LogP contribution in [0.5, 0.6) is 5.75 Å². The number of aromatic hydroxyl groups is 1. The second-order valence-corrected chi connectivity index (χ2v) is 22.4. The number of hydrogen-bond donors (Lipinski definition) is 17. The van der Waals surface area contributed by atoms with Crippen molar-refractivity contribution in [2.45, 2.75) is 160 Å². The largest absolute Gasteiger partial charge is 0.508 e. The van der Waals surface area contributed by atoms with Gasteiger partial charge in [-0.05, 0) is 87.6 Å². The number of phenols is 1. The molecule has 32 heteroatoms. The first-order valence-electron chi connectivity index (χ1n) is 30.0. The van der Waals surface area contributed by atoms with Crippen molar-refractivity contribution in [1.82, 2.24) is 67.7 Å². The van der Waals surface area contributed by atoms with Crippen molar-refractivity contribution in [3.63, 3.8) is 0 Å². The molecule has 2 aromatic carbocycles. The fourth-order valence-corrected chi connectivity index (χ4v) is 9.93. The highest BCUT2D eigenvalue weighted by atomic mass is 16.4. The van der Waals surface area contributed by atoms with Crippen LogP contribution in [0.1, 0.15) is 103 Å². The first kappa shape index (κ1) is 74.3. The zero-order chi connectivity index (χ0) is 68.2. The van der Waals surface area contributed by atoms with Gasteiger partial charge in [0.05, 0.1) is 12.9 Å². The Balaban J connectivity index is 0.00000213. The number of para-hydroxylation sites is 1. The van der Waals surface area contributed by atoms with Crippen molar-refractivity contribution in [3.05, 3.63) is 84.1 Å². The van der Waals surface area contributed by atoms with Crippen LogP contribution in [-0.4, -0.2) is 198 Å². The van der Waals surface area contributed by atoms with Crippen LogP contribution in [0.2, 0.25) is 0 Å². The molecule has 92 heavy (non-hydrogen) atoms. The molecule has 32 nitrogen and oxygen atoms in total. The predicted molar refractivity (Wildman–Crippen MR) is 333 cm³/mol. The number of aliphatic hydroxyl groups is 1. The van der Waals surface area contributed by atoms with Gasteiger partial charge in [-0.1, -0.05) is 44.2 Å². The number of aromatic amines is 2. The van der Waals surface area contributed by atoms with Crippen LogP contribution in [0.3, 0.4) is 0 Å². The number of fused-ring (bicyclic) bond motifs is 1. The van der Waals surface area contributed by atoms with Crippen LogP contribution in [0.15, 0.2) is 72.2 Å². The number of likely N-dealkylation sites (N-methyl/N-ethyl adjacent to an activating group) is 1. The van der Waals surface area contributed by atoms with Crippen LogP contribution in [-0.2, 0) is 76.8 Å². The van der Waals surface area contributed by atoms with Gasteiger partial charge in [-0.3, -0.25) is 62.5 Å². The Morgan fingerprint density at radius 2 is 1.28 bits per heavy atom. The topological polar surface area (TPSA) is 506 Å². The number of aliphatic hydroxyl groups excluding tert-OH is 1. The van der Waals surface area contributed by atoms with Gasteiger partial charge in [0, 0.05) is 88.2 Å². The zero-order valence-corrected chi connectivity index (χ0v) is 52.2. The van der Waals surface area contributed by atoms with Crippen LogP contribution in [0.25, 0.3) is 10.9 Å². The Hall–Kier alpha value is -10.1. The summed E-state index contributed by atoms with van der Waals surface area (Å²) in [6.45, 7) is 8.69. The van der Waals surface area contributed by atoms with Gasteiger partial charge < -0.3 is 94.6 Å². The number of H-pyrrole nitrogens is 2. The van der Waals surface area contributed by atoms with E-state index in [4.69, 9.17) is 31.3 Å². The summed E-state index contributed by atoms with van der Waals surface area (Å²) in [6, 6.07) is 1.50. The lowest BCUT2D eigenvalue weighted by molar-refractivity contribution is -0.142. The van der Waals surface area contributed by atoms with E-state index in [0.29, 0.717) is 41.6 Å². The van der Waals surface area contributed by atoms with Gasteiger partial charge in [0.2, 0.25) is 59.1 Å². The number of aliphatic imine (C=N–C) groups is 1. The lowest BCUT2D eigenvalue weighted by atomic mass is 10.0. The number of aromatic nitrogens is 3. The molecule has 19 N–H and O–H groups in total. The normalized spacial score (nSPS) is 16.3. The summed E-state index contributed by atoms with van der Waals surface area (Å²) < 4.78 is 0. The number of carboxylic acid groups (broad SMARTS) is 2.